The largest absolute Gasteiger partial charge is 0.435 e. The van der Waals surface area contributed by atoms with Crippen LogP contribution in [0.2, 0.25) is 0 Å². The summed E-state index contributed by atoms with van der Waals surface area (Å²) in [5.41, 5.74) is 0.489. The zero-order valence-corrected chi connectivity index (χ0v) is 9.49. The first-order chi connectivity index (χ1) is 8.13. The van der Waals surface area contributed by atoms with Crippen molar-refractivity contribution in [1.82, 2.24) is 0 Å². The van der Waals surface area contributed by atoms with E-state index >= 15 is 0 Å². The fourth-order valence-electron chi connectivity index (χ4n) is 1.34. The van der Waals surface area contributed by atoms with Crippen LogP contribution < -0.4 is 4.74 Å². The summed E-state index contributed by atoms with van der Waals surface area (Å²) in [7, 11) is 1.57. The first kappa shape index (κ1) is 13.6. The van der Waals surface area contributed by atoms with E-state index in [9.17, 15) is 13.6 Å². The summed E-state index contributed by atoms with van der Waals surface area (Å²) < 4.78 is 32.8. The summed E-state index contributed by atoms with van der Waals surface area (Å²) in [6, 6.07) is 5.67. The summed E-state index contributed by atoms with van der Waals surface area (Å²) in [6.45, 7) is -2.32. The molecule has 17 heavy (non-hydrogen) atoms. The number of carbonyl (C=O) groups excluding carboxylic acids is 1. The van der Waals surface area contributed by atoms with Gasteiger partial charge in [0.1, 0.15) is 5.75 Å². The van der Waals surface area contributed by atoms with Gasteiger partial charge in [-0.2, -0.15) is 8.78 Å². The van der Waals surface area contributed by atoms with Gasteiger partial charge in [0.05, 0.1) is 0 Å². The highest BCUT2D eigenvalue weighted by atomic mass is 19.3. The second kappa shape index (κ2) is 6.96. The third-order valence-corrected chi connectivity index (χ3v) is 2.15. The van der Waals surface area contributed by atoms with Crippen LogP contribution in [-0.2, 0) is 4.74 Å². The van der Waals surface area contributed by atoms with Crippen molar-refractivity contribution in [2.24, 2.45) is 0 Å². The molecule has 0 aromatic heterocycles. The molecular formula is C12H14F2O3. The van der Waals surface area contributed by atoms with Gasteiger partial charge in [-0.1, -0.05) is 0 Å². The van der Waals surface area contributed by atoms with Gasteiger partial charge in [0.2, 0.25) is 0 Å². The molecule has 0 spiro atoms. The molecule has 0 unspecified atom stereocenters. The monoisotopic (exact) mass is 244 g/mol. The molecule has 0 atom stereocenters. The van der Waals surface area contributed by atoms with Gasteiger partial charge in [0.15, 0.2) is 5.78 Å². The number of hydrogen-bond acceptors (Lipinski definition) is 3. The molecular weight excluding hydrogens is 230 g/mol. The number of alkyl halides is 2. The molecule has 3 nitrogen and oxygen atoms in total. The van der Waals surface area contributed by atoms with Crippen molar-refractivity contribution < 1.29 is 23.0 Å². The van der Waals surface area contributed by atoms with E-state index in [1.165, 1.54) is 24.3 Å². The molecule has 1 rings (SSSR count). The summed E-state index contributed by atoms with van der Waals surface area (Å²) in [5.74, 6) is 0.0130. The number of halogens is 2. The minimum absolute atomic E-state index is 0.0364. The van der Waals surface area contributed by atoms with E-state index in [0.29, 0.717) is 25.0 Å². The average molecular weight is 244 g/mol. The highest BCUT2D eigenvalue weighted by molar-refractivity contribution is 5.96. The summed E-state index contributed by atoms with van der Waals surface area (Å²) in [4.78, 5) is 11.6. The molecule has 5 heteroatoms. The van der Waals surface area contributed by atoms with E-state index in [-0.39, 0.29) is 11.5 Å². The summed E-state index contributed by atoms with van der Waals surface area (Å²) in [5, 5.41) is 0. The fraction of sp³-hybridized carbons (Fsp3) is 0.417. The summed E-state index contributed by atoms with van der Waals surface area (Å²) in [6.07, 6.45) is 1.02. The zero-order valence-electron chi connectivity index (χ0n) is 9.49. The van der Waals surface area contributed by atoms with Gasteiger partial charge in [-0.05, 0) is 30.7 Å². The lowest BCUT2D eigenvalue weighted by Gasteiger charge is -2.05. The van der Waals surface area contributed by atoms with Crippen LogP contribution in [0.4, 0.5) is 8.78 Å². The molecule has 94 valence electrons. The molecule has 0 aliphatic rings. The molecule has 0 saturated heterocycles. The number of hydrogen-bond donors (Lipinski definition) is 0. The van der Waals surface area contributed by atoms with Crippen LogP contribution in [0.25, 0.3) is 0 Å². The molecule has 0 saturated carbocycles. The maximum absolute atomic E-state index is 11.9. The molecule has 0 N–H and O–H groups in total. The molecule has 1 aromatic carbocycles. The van der Waals surface area contributed by atoms with Crippen LogP contribution in [-0.4, -0.2) is 26.1 Å². The first-order valence-electron chi connectivity index (χ1n) is 5.20. The topological polar surface area (TPSA) is 35.5 Å². The van der Waals surface area contributed by atoms with E-state index in [1.54, 1.807) is 7.11 Å². The Balaban J connectivity index is 2.52. The van der Waals surface area contributed by atoms with Gasteiger partial charge in [0, 0.05) is 25.7 Å². The van der Waals surface area contributed by atoms with Crippen LogP contribution >= 0.6 is 0 Å². The van der Waals surface area contributed by atoms with Gasteiger partial charge >= 0.3 is 6.61 Å². The lowest BCUT2D eigenvalue weighted by atomic mass is 10.1. The highest BCUT2D eigenvalue weighted by Gasteiger charge is 2.07. The zero-order chi connectivity index (χ0) is 12.7. The second-order valence-electron chi connectivity index (χ2n) is 3.42. The Labute approximate surface area is 98.3 Å². The Morgan fingerprint density at radius 2 is 1.94 bits per heavy atom. The fourth-order valence-corrected chi connectivity index (χ4v) is 1.34. The van der Waals surface area contributed by atoms with Crippen molar-refractivity contribution in [3.8, 4) is 5.75 Å². The van der Waals surface area contributed by atoms with E-state index in [0.717, 1.165) is 0 Å². The van der Waals surface area contributed by atoms with E-state index in [4.69, 9.17) is 4.74 Å². The Bertz CT molecular complexity index is 349. The minimum atomic E-state index is -2.85. The lowest BCUT2D eigenvalue weighted by Crippen LogP contribution is -2.03. The maximum atomic E-state index is 11.9. The number of ketones is 1. The van der Waals surface area contributed by atoms with Crippen molar-refractivity contribution in [2.45, 2.75) is 19.5 Å². The quantitative estimate of drug-likeness (QED) is 0.546. The van der Waals surface area contributed by atoms with Crippen molar-refractivity contribution in [2.75, 3.05) is 13.7 Å². The third-order valence-electron chi connectivity index (χ3n) is 2.15. The number of carbonyl (C=O) groups is 1. The van der Waals surface area contributed by atoms with Crippen LogP contribution in [0.1, 0.15) is 23.2 Å². The van der Waals surface area contributed by atoms with Gasteiger partial charge in [0.25, 0.3) is 0 Å². The summed E-state index contributed by atoms with van der Waals surface area (Å²) >= 11 is 0. The van der Waals surface area contributed by atoms with E-state index in [1.807, 2.05) is 0 Å². The molecule has 0 fully saturated rings. The minimum Gasteiger partial charge on any atom is -0.435 e. The Kier molecular flexibility index (Phi) is 5.56. The average Bonchev–Trinajstić information content (AvgIpc) is 2.29. The standard InChI is InChI=1S/C12H14F2O3/c1-16-8-2-3-11(15)9-4-6-10(7-5-9)17-12(13)14/h4-7,12H,2-3,8H2,1H3. The van der Waals surface area contributed by atoms with Crippen LogP contribution in [0.15, 0.2) is 24.3 Å². The Morgan fingerprint density at radius 1 is 1.29 bits per heavy atom. The second-order valence-corrected chi connectivity index (χ2v) is 3.42. The highest BCUT2D eigenvalue weighted by Crippen LogP contribution is 2.16. The van der Waals surface area contributed by atoms with Crippen molar-refractivity contribution in [3.05, 3.63) is 29.8 Å². The van der Waals surface area contributed by atoms with Crippen LogP contribution in [0.3, 0.4) is 0 Å². The Morgan fingerprint density at radius 3 is 2.47 bits per heavy atom. The SMILES string of the molecule is COCCCC(=O)c1ccc(OC(F)F)cc1. The van der Waals surface area contributed by atoms with E-state index in [2.05, 4.69) is 4.74 Å². The van der Waals surface area contributed by atoms with Gasteiger partial charge in [-0.15, -0.1) is 0 Å². The Hall–Kier alpha value is -1.49. The molecule has 0 amide bonds. The number of ether oxygens (including phenoxy) is 2. The first-order valence-corrected chi connectivity index (χ1v) is 5.20. The molecule has 0 aliphatic heterocycles. The van der Waals surface area contributed by atoms with Crippen molar-refractivity contribution >= 4 is 5.78 Å². The number of methoxy groups -OCH3 is 1. The van der Waals surface area contributed by atoms with Crippen LogP contribution in [0, 0.1) is 0 Å². The van der Waals surface area contributed by atoms with Crippen molar-refractivity contribution in [1.29, 1.82) is 0 Å². The molecule has 0 bridgehead atoms. The lowest BCUT2D eigenvalue weighted by molar-refractivity contribution is -0.0498. The third kappa shape index (κ3) is 4.91. The van der Waals surface area contributed by atoms with Crippen molar-refractivity contribution in [3.63, 3.8) is 0 Å². The number of rotatable bonds is 7. The van der Waals surface area contributed by atoms with Gasteiger partial charge in [-0.25, -0.2) is 0 Å². The molecule has 0 heterocycles. The molecule has 0 aliphatic carbocycles. The maximum Gasteiger partial charge on any atom is 0.387 e. The number of benzene rings is 1. The van der Waals surface area contributed by atoms with Gasteiger partial charge in [-0.3, -0.25) is 4.79 Å². The molecule has 1 aromatic rings. The van der Waals surface area contributed by atoms with Crippen LogP contribution in [0.5, 0.6) is 5.75 Å². The predicted octanol–water partition coefficient (Wildman–Crippen LogP) is 2.90. The van der Waals surface area contributed by atoms with E-state index < -0.39 is 6.61 Å². The predicted molar refractivity (Wildman–Crippen MR) is 58.5 cm³/mol. The smallest absolute Gasteiger partial charge is 0.387 e. The normalized spacial score (nSPS) is 10.6. The van der Waals surface area contributed by atoms with Gasteiger partial charge < -0.3 is 9.47 Å². The number of Topliss-reactive ketones (excluding diaryl/α,β-unsaturated/α-hetero) is 1. The molecule has 0 radical (unpaired) electrons.